The molecule has 1 atom stereocenters. The van der Waals surface area contributed by atoms with E-state index in [0.717, 1.165) is 23.9 Å². The van der Waals surface area contributed by atoms with Gasteiger partial charge in [0.2, 0.25) is 0 Å². The summed E-state index contributed by atoms with van der Waals surface area (Å²) < 4.78 is 14.3. The Morgan fingerprint density at radius 2 is 2.31 bits per heavy atom. The molecule has 2 N–H and O–H groups in total. The van der Waals surface area contributed by atoms with E-state index in [1.165, 1.54) is 6.07 Å². The Hall–Kier alpha value is -0.450. The van der Waals surface area contributed by atoms with Crippen molar-refractivity contribution < 1.29 is 9.50 Å². The van der Waals surface area contributed by atoms with Gasteiger partial charge in [-0.1, -0.05) is 22.0 Å². The molecular formula is C12H15BrFNO. The molecule has 2 rings (SSSR count). The molecule has 4 heteroatoms. The van der Waals surface area contributed by atoms with Gasteiger partial charge >= 0.3 is 0 Å². The fourth-order valence-corrected chi connectivity index (χ4v) is 2.46. The predicted octanol–water partition coefficient (Wildman–Crippen LogP) is 2.25. The van der Waals surface area contributed by atoms with Crippen LogP contribution in [0.1, 0.15) is 18.4 Å². The van der Waals surface area contributed by atoms with Crippen molar-refractivity contribution in [2.75, 3.05) is 13.1 Å². The fourth-order valence-electron chi connectivity index (χ4n) is 2.12. The fraction of sp³-hybridized carbons (Fsp3) is 0.500. The van der Waals surface area contributed by atoms with Crippen LogP contribution >= 0.6 is 15.9 Å². The third-order valence-electron chi connectivity index (χ3n) is 2.98. The third-order valence-corrected chi connectivity index (χ3v) is 3.48. The monoisotopic (exact) mass is 287 g/mol. The predicted molar refractivity (Wildman–Crippen MR) is 64.9 cm³/mol. The zero-order chi connectivity index (χ0) is 11.6. The van der Waals surface area contributed by atoms with Gasteiger partial charge in [-0.25, -0.2) is 4.39 Å². The average Bonchev–Trinajstić information content (AvgIpc) is 2.23. The molecule has 0 aliphatic carbocycles. The van der Waals surface area contributed by atoms with Gasteiger partial charge in [0.1, 0.15) is 5.82 Å². The van der Waals surface area contributed by atoms with Gasteiger partial charge in [0.15, 0.2) is 0 Å². The average molecular weight is 288 g/mol. The first-order valence-corrected chi connectivity index (χ1v) is 6.25. The second kappa shape index (κ2) is 4.82. The van der Waals surface area contributed by atoms with Gasteiger partial charge in [-0.15, -0.1) is 0 Å². The lowest BCUT2D eigenvalue weighted by Gasteiger charge is -2.32. The van der Waals surface area contributed by atoms with Crippen LogP contribution in [0, 0.1) is 5.82 Å². The normalized spacial score (nSPS) is 25.7. The van der Waals surface area contributed by atoms with E-state index >= 15 is 0 Å². The first kappa shape index (κ1) is 12.0. The molecule has 1 heterocycles. The van der Waals surface area contributed by atoms with E-state index in [4.69, 9.17) is 0 Å². The summed E-state index contributed by atoms with van der Waals surface area (Å²) >= 11 is 3.22. The molecule has 1 aromatic rings. The molecule has 1 fully saturated rings. The molecule has 1 aromatic carbocycles. The summed E-state index contributed by atoms with van der Waals surface area (Å²) in [7, 11) is 0. The Kier molecular flexibility index (Phi) is 3.62. The summed E-state index contributed by atoms with van der Waals surface area (Å²) in [5.41, 5.74) is -0.221. The van der Waals surface area contributed by atoms with E-state index < -0.39 is 5.60 Å². The van der Waals surface area contributed by atoms with Gasteiger partial charge in [0.25, 0.3) is 0 Å². The number of benzene rings is 1. The number of aliphatic hydroxyl groups is 1. The minimum absolute atomic E-state index is 0.256. The third kappa shape index (κ3) is 2.81. The molecular weight excluding hydrogens is 273 g/mol. The first-order chi connectivity index (χ1) is 7.59. The van der Waals surface area contributed by atoms with Crippen LogP contribution in [0.3, 0.4) is 0 Å². The Bertz CT molecular complexity index is 377. The maximum absolute atomic E-state index is 13.6. The van der Waals surface area contributed by atoms with Crippen molar-refractivity contribution in [1.82, 2.24) is 5.32 Å². The van der Waals surface area contributed by atoms with Crippen molar-refractivity contribution in [3.8, 4) is 0 Å². The Labute approximate surface area is 103 Å². The molecule has 1 aliphatic rings. The standard InChI is InChI=1S/C12H15BrFNO/c13-10-3-2-9(11(14)6-10)7-12(16)4-1-5-15-8-12/h2-3,6,15-16H,1,4-5,7-8H2. The maximum atomic E-state index is 13.6. The molecule has 0 radical (unpaired) electrons. The van der Waals surface area contributed by atoms with Crippen molar-refractivity contribution >= 4 is 15.9 Å². The molecule has 1 unspecified atom stereocenters. The number of rotatable bonds is 2. The van der Waals surface area contributed by atoms with Crippen molar-refractivity contribution in [1.29, 1.82) is 0 Å². The largest absolute Gasteiger partial charge is 0.388 e. The highest BCUT2D eigenvalue weighted by Crippen LogP contribution is 2.24. The molecule has 0 aromatic heterocycles. The number of piperidine rings is 1. The molecule has 2 nitrogen and oxygen atoms in total. The molecule has 0 bridgehead atoms. The number of β-amino-alcohol motifs (C(OH)–C–C–N with tert-alkyl or cyclic N) is 1. The second-order valence-electron chi connectivity index (χ2n) is 4.42. The lowest BCUT2D eigenvalue weighted by atomic mass is 9.87. The van der Waals surface area contributed by atoms with Crippen molar-refractivity contribution in [3.05, 3.63) is 34.1 Å². The smallest absolute Gasteiger partial charge is 0.127 e. The number of halogens is 2. The van der Waals surface area contributed by atoms with E-state index in [9.17, 15) is 9.50 Å². The summed E-state index contributed by atoms with van der Waals surface area (Å²) in [5, 5.41) is 13.4. The zero-order valence-corrected chi connectivity index (χ0v) is 10.6. The number of hydrogen-bond donors (Lipinski definition) is 2. The van der Waals surface area contributed by atoms with Gasteiger partial charge < -0.3 is 10.4 Å². The highest BCUT2D eigenvalue weighted by molar-refractivity contribution is 9.10. The highest BCUT2D eigenvalue weighted by Gasteiger charge is 2.30. The SMILES string of the molecule is OC1(Cc2ccc(Br)cc2F)CCCNC1. The molecule has 1 aliphatic heterocycles. The lowest BCUT2D eigenvalue weighted by Crippen LogP contribution is -2.47. The second-order valence-corrected chi connectivity index (χ2v) is 5.33. The van der Waals surface area contributed by atoms with E-state index in [-0.39, 0.29) is 5.82 Å². The highest BCUT2D eigenvalue weighted by atomic mass is 79.9. The van der Waals surface area contributed by atoms with E-state index in [1.807, 2.05) is 0 Å². The Morgan fingerprint density at radius 3 is 2.94 bits per heavy atom. The van der Waals surface area contributed by atoms with E-state index in [0.29, 0.717) is 18.5 Å². The topological polar surface area (TPSA) is 32.3 Å². The lowest BCUT2D eigenvalue weighted by molar-refractivity contribution is 0.0162. The minimum Gasteiger partial charge on any atom is -0.388 e. The molecule has 16 heavy (non-hydrogen) atoms. The minimum atomic E-state index is -0.799. The maximum Gasteiger partial charge on any atom is 0.127 e. The van der Waals surface area contributed by atoms with E-state index in [1.54, 1.807) is 12.1 Å². The molecule has 88 valence electrons. The van der Waals surface area contributed by atoms with Crippen LogP contribution in [0.25, 0.3) is 0 Å². The van der Waals surface area contributed by atoms with Gasteiger partial charge in [-0.3, -0.25) is 0 Å². The van der Waals surface area contributed by atoms with Crippen LogP contribution in [0.15, 0.2) is 22.7 Å². The Morgan fingerprint density at radius 1 is 1.50 bits per heavy atom. The van der Waals surface area contributed by atoms with Crippen molar-refractivity contribution in [2.24, 2.45) is 0 Å². The van der Waals surface area contributed by atoms with Gasteiger partial charge in [-0.2, -0.15) is 0 Å². The molecule has 0 amide bonds. The van der Waals surface area contributed by atoms with Crippen LogP contribution in [-0.2, 0) is 6.42 Å². The van der Waals surface area contributed by atoms with Crippen molar-refractivity contribution in [2.45, 2.75) is 24.9 Å². The van der Waals surface area contributed by atoms with Gasteiger partial charge in [0, 0.05) is 17.4 Å². The molecule has 1 saturated heterocycles. The van der Waals surface area contributed by atoms with Crippen LogP contribution in [-0.4, -0.2) is 23.8 Å². The number of nitrogens with one attached hydrogen (secondary N) is 1. The van der Waals surface area contributed by atoms with E-state index in [2.05, 4.69) is 21.2 Å². The molecule has 0 spiro atoms. The van der Waals surface area contributed by atoms with Gasteiger partial charge in [0.05, 0.1) is 5.60 Å². The van der Waals surface area contributed by atoms with Crippen LogP contribution in [0.5, 0.6) is 0 Å². The zero-order valence-electron chi connectivity index (χ0n) is 8.97. The first-order valence-electron chi connectivity index (χ1n) is 5.46. The van der Waals surface area contributed by atoms with Crippen molar-refractivity contribution in [3.63, 3.8) is 0 Å². The quantitative estimate of drug-likeness (QED) is 0.875. The van der Waals surface area contributed by atoms with Crippen LogP contribution in [0.2, 0.25) is 0 Å². The van der Waals surface area contributed by atoms with Crippen LogP contribution in [0.4, 0.5) is 4.39 Å². The summed E-state index contributed by atoms with van der Waals surface area (Å²) in [5.74, 6) is -0.256. The van der Waals surface area contributed by atoms with Crippen LogP contribution < -0.4 is 5.32 Å². The number of hydrogen-bond acceptors (Lipinski definition) is 2. The Balaban J connectivity index is 2.13. The summed E-state index contributed by atoms with van der Waals surface area (Å²) in [6.07, 6.45) is 2.04. The van der Waals surface area contributed by atoms with Gasteiger partial charge in [-0.05, 0) is 37.1 Å². The molecule has 0 saturated carbocycles. The summed E-state index contributed by atoms with van der Waals surface area (Å²) in [4.78, 5) is 0. The summed E-state index contributed by atoms with van der Waals surface area (Å²) in [6.45, 7) is 1.48. The summed E-state index contributed by atoms with van der Waals surface area (Å²) in [6, 6.07) is 4.97.